The third-order valence-corrected chi connectivity index (χ3v) is 2.68. The maximum absolute atomic E-state index is 13.0. The molecule has 18 heavy (non-hydrogen) atoms. The molecule has 0 aliphatic carbocycles. The van der Waals surface area contributed by atoms with Gasteiger partial charge in [-0.05, 0) is 35.4 Å². The SMILES string of the molecule is O[C@@H](c1cccc(F)c1)[C@@H](O)c1cccc(F)c1. The molecule has 0 saturated carbocycles. The van der Waals surface area contributed by atoms with E-state index in [9.17, 15) is 19.0 Å². The highest BCUT2D eigenvalue weighted by atomic mass is 19.1. The topological polar surface area (TPSA) is 40.5 Å². The quantitative estimate of drug-likeness (QED) is 0.879. The van der Waals surface area contributed by atoms with E-state index in [0.29, 0.717) is 0 Å². The van der Waals surface area contributed by atoms with Crippen molar-refractivity contribution in [2.45, 2.75) is 12.2 Å². The van der Waals surface area contributed by atoms with Crippen molar-refractivity contribution in [1.82, 2.24) is 0 Å². The van der Waals surface area contributed by atoms with Gasteiger partial charge in [-0.1, -0.05) is 24.3 Å². The Morgan fingerprint density at radius 2 is 1.11 bits per heavy atom. The number of hydrogen-bond acceptors (Lipinski definition) is 2. The number of aliphatic hydroxyl groups excluding tert-OH is 2. The summed E-state index contributed by atoms with van der Waals surface area (Å²) in [4.78, 5) is 0. The summed E-state index contributed by atoms with van der Waals surface area (Å²) in [6, 6.07) is 10.6. The van der Waals surface area contributed by atoms with Crippen LogP contribution in [0.25, 0.3) is 0 Å². The first kappa shape index (κ1) is 12.7. The molecule has 94 valence electrons. The maximum Gasteiger partial charge on any atom is 0.123 e. The van der Waals surface area contributed by atoms with Crippen molar-refractivity contribution >= 4 is 0 Å². The molecule has 2 aromatic rings. The van der Waals surface area contributed by atoms with E-state index in [-0.39, 0.29) is 11.1 Å². The summed E-state index contributed by atoms with van der Waals surface area (Å²) in [5, 5.41) is 19.8. The van der Waals surface area contributed by atoms with Crippen LogP contribution in [-0.2, 0) is 0 Å². The molecule has 2 aromatic carbocycles. The fourth-order valence-electron chi connectivity index (χ4n) is 1.75. The van der Waals surface area contributed by atoms with Crippen molar-refractivity contribution in [3.63, 3.8) is 0 Å². The van der Waals surface area contributed by atoms with E-state index >= 15 is 0 Å². The fraction of sp³-hybridized carbons (Fsp3) is 0.143. The molecule has 0 aromatic heterocycles. The summed E-state index contributed by atoms with van der Waals surface area (Å²) in [5.41, 5.74) is 0.485. The average molecular weight is 250 g/mol. The second-order valence-electron chi connectivity index (χ2n) is 4.00. The first-order chi connectivity index (χ1) is 8.58. The van der Waals surface area contributed by atoms with Crippen molar-refractivity contribution in [3.8, 4) is 0 Å². The Hall–Kier alpha value is -1.78. The van der Waals surface area contributed by atoms with Gasteiger partial charge in [-0.3, -0.25) is 0 Å². The Balaban J connectivity index is 2.26. The molecule has 4 heteroatoms. The van der Waals surface area contributed by atoms with Crippen LogP contribution in [0.15, 0.2) is 48.5 Å². The molecule has 0 saturated heterocycles. The zero-order chi connectivity index (χ0) is 13.1. The van der Waals surface area contributed by atoms with Crippen molar-refractivity contribution in [2.75, 3.05) is 0 Å². The molecule has 2 N–H and O–H groups in total. The minimum Gasteiger partial charge on any atom is -0.385 e. The zero-order valence-electron chi connectivity index (χ0n) is 9.42. The van der Waals surface area contributed by atoms with Gasteiger partial charge in [-0.2, -0.15) is 0 Å². The van der Waals surface area contributed by atoms with Crippen LogP contribution < -0.4 is 0 Å². The molecular formula is C14H12F2O2. The van der Waals surface area contributed by atoms with Crippen LogP contribution in [0.3, 0.4) is 0 Å². The van der Waals surface area contributed by atoms with E-state index in [4.69, 9.17) is 0 Å². The number of aliphatic hydroxyl groups is 2. The molecule has 0 unspecified atom stereocenters. The lowest BCUT2D eigenvalue weighted by Gasteiger charge is -2.18. The highest BCUT2D eigenvalue weighted by molar-refractivity contribution is 5.25. The summed E-state index contributed by atoms with van der Waals surface area (Å²) < 4.78 is 26.0. The van der Waals surface area contributed by atoms with Crippen LogP contribution in [0.2, 0.25) is 0 Å². The highest BCUT2D eigenvalue weighted by Crippen LogP contribution is 2.29. The zero-order valence-corrected chi connectivity index (χ0v) is 9.42. The van der Waals surface area contributed by atoms with Crippen LogP contribution in [0, 0.1) is 11.6 Å². The van der Waals surface area contributed by atoms with Crippen LogP contribution in [0.4, 0.5) is 8.78 Å². The van der Waals surface area contributed by atoms with Gasteiger partial charge in [-0.25, -0.2) is 8.78 Å². The Morgan fingerprint density at radius 3 is 1.44 bits per heavy atom. The number of hydrogen-bond donors (Lipinski definition) is 2. The smallest absolute Gasteiger partial charge is 0.123 e. The van der Waals surface area contributed by atoms with E-state index in [0.717, 1.165) is 12.1 Å². The minimum absolute atomic E-state index is 0.242. The molecule has 0 radical (unpaired) electrons. The molecule has 2 rings (SSSR count). The molecule has 0 spiro atoms. The first-order valence-electron chi connectivity index (χ1n) is 5.45. The largest absolute Gasteiger partial charge is 0.385 e. The third-order valence-electron chi connectivity index (χ3n) is 2.68. The van der Waals surface area contributed by atoms with E-state index in [2.05, 4.69) is 0 Å². The Morgan fingerprint density at radius 1 is 0.722 bits per heavy atom. The van der Waals surface area contributed by atoms with Gasteiger partial charge in [0, 0.05) is 0 Å². The Kier molecular flexibility index (Phi) is 3.69. The predicted molar refractivity (Wildman–Crippen MR) is 62.7 cm³/mol. The van der Waals surface area contributed by atoms with E-state index < -0.39 is 23.8 Å². The Labute approximate surface area is 103 Å². The maximum atomic E-state index is 13.0. The summed E-state index contributed by atoms with van der Waals surface area (Å²) in [7, 11) is 0. The fourth-order valence-corrected chi connectivity index (χ4v) is 1.75. The lowest BCUT2D eigenvalue weighted by Crippen LogP contribution is -2.10. The Bertz CT molecular complexity index is 493. The summed E-state index contributed by atoms with van der Waals surface area (Å²) in [5.74, 6) is -1.00. The molecule has 2 atom stereocenters. The van der Waals surface area contributed by atoms with Gasteiger partial charge in [0.2, 0.25) is 0 Å². The monoisotopic (exact) mass is 250 g/mol. The second-order valence-corrected chi connectivity index (χ2v) is 4.00. The average Bonchev–Trinajstić information content (AvgIpc) is 2.37. The number of rotatable bonds is 3. The van der Waals surface area contributed by atoms with Gasteiger partial charge in [0.05, 0.1) is 0 Å². The summed E-state index contributed by atoms with van der Waals surface area (Å²) >= 11 is 0. The van der Waals surface area contributed by atoms with Crippen LogP contribution in [0.1, 0.15) is 23.3 Å². The summed E-state index contributed by atoms with van der Waals surface area (Å²) in [6.07, 6.45) is -2.61. The van der Waals surface area contributed by atoms with Gasteiger partial charge in [0.1, 0.15) is 23.8 Å². The standard InChI is InChI=1S/C14H12F2O2/c15-11-5-1-3-9(7-11)13(17)14(18)10-4-2-6-12(16)8-10/h1-8,13-14,17-18H/t13-,14-/m0/s1. The minimum atomic E-state index is -1.30. The number of halogens is 2. The molecule has 0 heterocycles. The van der Waals surface area contributed by atoms with E-state index in [1.54, 1.807) is 0 Å². The van der Waals surface area contributed by atoms with Gasteiger partial charge in [0.25, 0.3) is 0 Å². The highest BCUT2D eigenvalue weighted by Gasteiger charge is 2.20. The van der Waals surface area contributed by atoms with Crippen LogP contribution in [-0.4, -0.2) is 10.2 Å². The van der Waals surface area contributed by atoms with Crippen molar-refractivity contribution in [3.05, 3.63) is 71.3 Å². The molecule has 0 amide bonds. The van der Waals surface area contributed by atoms with Crippen LogP contribution in [0.5, 0.6) is 0 Å². The van der Waals surface area contributed by atoms with Gasteiger partial charge in [-0.15, -0.1) is 0 Å². The van der Waals surface area contributed by atoms with Crippen LogP contribution >= 0.6 is 0 Å². The molecular weight excluding hydrogens is 238 g/mol. The van der Waals surface area contributed by atoms with Crippen molar-refractivity contribution in [1.29, 1.82) is 0 Å². The molecule has 0 bridgehead atoms. The normalized spacial score (nSPS) is 14.2. The molecule has 0 aliphatic rings. The van der Waals surface area contributed by atoms with Crippen molar-refractivity contribution in [2.24, 2.45) is 0 Å². The summed E-state index contributed by atoms with van der Waals surface area (Å²) in [6.45, 7) is 0. The first-order valence-corrected chi connectivity index (χ1v) is 5.45. The molecule has 2 nitrogen and oxygen atoms in total. The number of benzene rings is 2. The predicted octanol–water partition coefficient (Wildman–Crippen LogP) is 2.73. The van der Waals surface area contributed by atoms with Gasteiger partial charge in [0.15, 0.2) is 0 Å². The van der Waals surface area contributed by atoms with E-state index in [1.807, 2.05) is 0 Å². The third kappa shape index (κ3) is 2.72. The lowest BCUT2D eigenvalue weighted by molar-refractivity contribution is 0.0169. The van der Waals surface area contributed by atoms with Gasteiger partial charge >= 0.3 is 0 Å². The lowest BCUT2D eigenvalue weighted by atomic mass is 9.98. The molecule has 0 aliphatic heterocycles. The molecule has 0 fully saturated rings. The van der Waals surface area contributed by atoms with Crippen molar-refractivity contribution < 1.29 is 19.0 Å². The van der Waals surface area contributed by atoms with Gasteiger partial charge < -0.3 is 10.2 Å². The van der Waals surface area contributed by atoms with E-state index in [1.165, 1.54) is 36.4 Å². The second kappa shape index (κ2) is 5.25.